The minimum Gasteiger partial charge on any atom is -0.361 e. The molecule has 4 N–H and O–H groups in total. The minimum absolute atomic E-state index is 0.0110. The fourth-order valence-corrected chi connectivity index (χ4v) is 4.33. The lowest BCUT2D eigenvalue weighted by molar-refractivity contribution is 0.499. The lowest BCUT2D eigenvalue weighted by atomic mass is 10.0. The molecule has 2 atom stereocenters. The summed E-state index contributed by atoms with van der Waals surface area (Å²) < 4.78 is 0. The maximum Gasteiger partial charge on any atom is 0.182 e. The first kappa shape index (κ1) is 21.1. The van der Waals surface area contributed by atoms with Gasteiger partial charge in [0.05, 0.1) is 17.7 Å². The van der Waals surface area contributed by atoms with Crippen molar-refractivity contribution in [3.05, 3.63) is 77.3 Å². The first-order valence-corrected chi connectivity index (χ1v) is 11.3. The molecule has 0 aliphatic carbocycles. The van der Waals surface area contributed by atoms with E-state index < -0.39 is 0 Å². The average Bonchev–Trinajstić information content (AvgIpc) is 3.34. The van der Waals surface area contributed by atoms with Gasteiger partial charge in [-0.05, 0) is 50.1 Å². The van der Waals surface area contributed by atoms with Crippen molar-refractivity contribution in [1.29, 1.82) is 0 Å². The summed E-state index contributed by atoms with van der Waals surface area (Å²) in [5.74, 6) is 0.730. The lowest BCUT2D eigenvalue weighted by Gasteiger charge is -2.36. The number of hydrogen-bond donors (Lipinski definition) is 3. The van der Waals surface area contributed by atoms with E-state index >= 15 is 0 Å². The molecular formula is C25H28N8. The number of hydrogen-bond acceptors (Lipinski definition) is 7. The van der Waals surface area contributed by atoms with Crippen molar-refractivity contribution in [1.82, 2.24) is 19.9 Å². The highest BCUT2D eigenvalue weighted by atomic mass is 15.3. The van der Waals surface area contributed by atoms with E-state index in [9.17, 15) is 0 Å². The first-order valence-electron chi connectivity index (χ1n) is 11.3. The van der Waals surface area contributed by atoms with Crippen LogP contribution >= 0.6 is 0 Å². The summed E-state index contributed by atoms with van der Waals surface area (Å²) in [6, 6.07) is 16.7. The quantitative estimate of drug-likeness (QED) is 0.363. The normalized spacial score (nSPS) is 16.1. The van der Waals surface area contributed by atoms with Crippen LogP contribution in [0.2, 0.25) is 0 Å². The summed E-state index contributed by atoms with van der Waals surface area (Å²) in [5, 5.41) is 5.82. The van der Waals surface area contributed by atoms with Gasteiger partial charge in [-0.15, -0.1) is 0 Å². The molecule has 0 radical (unpaired) electrons. The molecule has 0 amide bonds. The number of aromatic amines is 1. The summed E-state index contributed by atoms with van der Waals surface area (Å²) >= 11 is 0. The Balaban J connectivity index is 1.60. The second-order valence-corrected chi connectivity index (χ2v) is 8.28. The van der Waals surface area contributed by atoms with E-state index in [2.05, 4.69) is 85.7 Å². The standard InChI is InChI=1S/C25H28N8/c1-17-8-7-12-20-19(17)14-33(18-9-3-2-4-10-18)25(32-20)21(11-5-6-13-26)31-24-22-23(28-15-27-22)29-16-30-24/h2-4,7-10,12,14-16,21,25H,5-6,11,13,26H2,1H3,(H2,27,28,29,30,31). The smallest absolute Gasteiger partial charge is 0.182 e. The van der Waals surface area contributed by atoms with E-state index in [1.807, 2.05) is 6.07 Å². The van der Waals surface area contributed by atoms with E-state index in [0.29, 0.717) is 12.2 Å². The first-order chi connectivity index (χ1) is 16.2. The Hall–Kier alpha value is -3.78. The topological polar surface area (TPSA) is 108 Å². The molecule has 2 unspecified atom stereocenters. The lowest BCUT2D eigenvalue weighted by Crippen LogP contribution is -2.50. The number of aromatic nitrogens is 4. The van der Waals surface area contributed by atoms with Gasteiger partial charge in [-0.1, -0.05) is 36.8 Å². The van der Waals surface area contributed by atoms with Gasteiger partial charge in [0.2, 0.25) is 0 Å². The molecule has 1 aliphatic heterocycles. The number of H-pyrrole nitrogens is 1. The predicted octanol–water partition coefficient (Wildman–Crippen LogP) is 2.47. The van der Waals surface area contributed by atoms with Crippen molar-refractivity contribution >= 4 is 28.9 Å². The average molecular weight is 441 g/mol. The van der Waals surface area contributed by atoms with Crippen LogP contribution in [0.3, 0.4) is 0 Å². The van der Waals surface area contributed by atoms with Crippen LogP contribution in [0.1, 0.15) is 24.8 Å². The van der Waals surface area contributed by atoms with Gasteiger partial charge in [0.25, 0.3) is 0 Å². The van der Waals surface area contributed by atoms with Gasteiger partial charge in [-0.25, -0.2) is 15.0 Å². The third kappa shape index (κ3) is 4.29. The van der Waals surface area contributed by atoms with Crippen LogP contribution in [0.4, 0.5) is 11.5 Å². The minimum atomic E-state index is -0.160. The van der Waals surface area contributed by atoms with Gasteiger partial charge in [-0.2, -0.15) is 0 Å². The third-order valence-electron chi connectivity index (χ3n) is 6.05. The van der Waals surface area contributed by atoms with E-state index in [-0.39, 0.29) is 12.2 Å². The summed E-state index contributed by atoms with van der Waals surface area (Å²) in [5.41, 5.74) is 9.55. The molecule has 168 valence electrons. The number of nitrogens with two attached hydrogens (primary N) is 1. The van der Waals surface area contributed by atoms with Gasteiger partial charge in [0, 0.05) is 17.1 Å². The molecule has 8 nitrogen and oxygen atoms in total. The molecule has 2 aromatic carbocycles. The Morgan fingerprint density at radius 3 is 2.79 bits per heavy atom. The summed E-state index contributed by atoms with van der Waals surface area (Å²) in [6.45, 7) is 2.80. The van der Waals surface area contributed by atoms with E-state index in [1.165, 1.54) is 5.56 Å². The number of rotatable bonds is 8. The van der Waals surface area contributed by atoms with E-state index in [0.717, 1.165) is 46.9 Å². The zero-order chi connectivity index (χ0) is 22.6. The van der Waals surface area contributed by atoms with E-state index in [4.69, 9.17) is 10.7 Å². The van der Waals surface area contributed by atoms with Crippen molar-refractivity contribution < 1.29 is 0 Å². The van der Waals surface area contributed by atoms with Crippen molar-refractivity contribution in [3.8, 4) is 0 Å². The molecule has 5 rings (SSSR count). The Bertz CT molecular complexity index is 1350. The second kappa shape index (κ2) is 9.38. The van der Waals surface area contributed by atoms with Gasteiger partial charge in [-0.3, -0.25) is 4.99 Å². The number of para-hydroxylation sites is 1. The van der Waals surface area contributed by atoms with Crippen molar-refractivity contribution in [2.45, 2.75) is 38.4 Å². The highest BCUT2D eigenvalue weighted by Gasteiger charge is 2.29. The molecule has 4 aromatic rings. The van der Waals surface area contributed by atoms with Gasteiger partial charge in [0.15, 0.2) is 11.5 Å². The molecule has 1 aliphatic rings. The van der Waals surface area contributed by atoms with Crippen LogP contribution in [-0.4, -0.2) is 38.7 Å². The highest BCUT2D eigenvalue weighted by Crippen LogP contribution is 2.26. The van der Waals surface area contributed by atoms with Gasteiger partial charge >= 0.3 is 0 Å². The molecule has 0 fully saturated rings. The van der Waals surface area contributed by atoms with E-state index in [1.54, 1.807) is 12.7 Å². The second-order valence-electron chi connectivity index (χ2n) is 8.28. The maximum atomic E-state index is 5.81. The number of anilines is 2. The fraction of sp³-hybridized carbons (Fsp3) is 0.280. The summed E-state index contributed by atoms with van der Waals surface area (Å²) in [6.07, 6.45) is 8.08. The molecule has 8 heteroatoms. The van der Waals surface area contributed by atoms with Gasteiger partial charge < -0.3 is 20.9 Å². The monoisotopic (exact) mass is 440 g/mol. The molecule has 0 spiro atoms. The number of nitrogens with zero attached hydrogens (tertiary/aromatic N) is 5. The molecule has 2 aromatic heterocycles. The van der Waals surface area contributed by atoms with Crippen LogP contribution in [0.5, 0.6) is 0 Å². The Kier molecular flexibility index (Phi) is 5.99. The predicted molar refractivity (Wildman–Crippen MR) is 131 cm³/mol. The summed E-state index contributed by atoms with van der Waals surface area (Å²) in [7, 11) is 0. The zero-order valence-corrected chi connectivity index (χ0v) is 18.6. The number of benzene rings is 2. The number of unbranched alkanes of at least 4 members (excludes halogenated alkanes) is 1. The third-order valence-corrected chi connectivity index (χ3v) is 6.05. The number of fused-ring (bicyclic) bond motifs is 2. The number of aryl methyl sites for hydroxylation is 1. The highest BCUT2D eigenvalue weighted by molar-refractivity contribution is 5.82. The van der Waals surface area contributed by atoms with Crippen molar-refractivity contribution in [2.24, 2.45) is 10.7 Å². The van der Waals surface area contributed by atoms with Crippen LogP contribution in [0, 0.1) is 6.92 Å². The molecular weight excluding hydrogens is 412 g/mol. The Labute approximate surface area is 192 Å². The molecule has 0 bridgehead atoms. The Morgan fingerprint density at radius 2 is 1.94 bits per heavy atom. The molecule has 0 saturated heterocycles. The Morgan fingerprint density at radius 1 is 1.06 bits per heavy atom. The molecule has 33 heavy (non-hydrogen) atoms. The zero-order valence-electron chi connectivity index (χ0n) is 18.6. The fourth-order valence-electron chi connectivity index (χ4n) is 4.33. The summed E-state index contributed by atoms with van der Waals surface area (Å²) in [4.78, 5) is 23.7. The molecule has 3 heterocycles. The number of nitrogens with one attached hydrogen (secondary N) is 2. The molecule has 0 saturated carbocycles. The SMILES string of the molecule is Cc1cccc2c1=CN(c1ccccc1)C(C(CCCCN)Nc1ncnc3nc[nH]c13)N=2. The van der Waals surface area contributed by atoms with Crippen LogP contribution in [-0.2, 0) is 0 Å². The van der Waals surface area contributed by atoms with Crippen molar-refractivity contribution in [3.63, 3.8) is 0 Å². The van der Waals surface area contributed by atoms with Crippen molar-refractivity contribution in [2.75, 3.05) is 16.8 Å². The maximum absolute atomic E-state index is 5.81. The number of imidazole rings is 1. The van der Waals surface area contributed by atoms with Crippen LogP contribution in [0.15, 0.2) is 66.2 Å². The van der Waals surface area contributed by atoms with Crippen LogP contribution in [0.25, 0.3) is 17.4 Å². The largest absolute Gasteiger partial charge is 0.361 e. The van der Waals surface area contributed by atoms with Gasteiger partial charge in [0.1, 0.15) is 18.0 Å². The van der Waals surface area contributed by atoms with Crippen LogP contribution < -0.4 is 26.5 Å².